The molecule has 0 spiro atoms. The molecule has 1 atom stereocenters. The normalized spacial score (nSPS) is 11.6. The first-order chi connectivity index (χ1) is 12.0. The first-order valence-corrected chi connectivity index (χ1v) is 7.36. The van der Waals surface area contributed by atoms with Crippen LogP contribution in [0.2, 0.25) is 0 Å². The van der Waals surface area contributed by atoms with Crippen molar-refractivity contribution in [3.8, 4) is 11.8 Å². The van der Waals surface area contributed by atoms with Gasteiger partial charge in [-0.05, 0) is 42.5 Å². The predicted octanol–water partition coefficient (Wildman–Crippen LogP) is 3.20. The third-order valence-electron chi connectivity index (χ3n) is 3.35. The largest absolute Gasteiger partial charge is 0.496 e. The van der Waals surface area contributed by atoms with Crippen molar-refractivity contribution in [2.75, 3.05) is 12.4 Å². The standard InChI is InChI=1S/C19H15FN2O3/c1-25-18-5-3-2-4-13(18)6-11-17(23)16(12-21)19(24)22-15-9-7-14(20)8-10-15/h2-11,16H,1H3,(H,22,24)/b11-6-/t16-/m1/s1. The van der Waals surface area contributed by atoms with E-state index < -0.39 is 23.4 Å². The molecular formula is C19H15FN2O3. The van der Waals surface area contributed by atoms with Gasteiger partial charge in [0.2, 0.25) is 5.91 Å². The third kappa shape index (κ3) is 4.75. The Bertz CT molecular complexity index is 838. The van der Waals surface area contributed by atoms with Crippen molar-refractivity contribution in [2.24, 2.45) is 5.92 Å². The van der Waals surface area contributed by atoms with Gasteiger partial charge in [-0.15, -0.1) is 0 Å². The van der Waals surface area contributed by atoms with Gasteiger partial charge in [0.15, 0.2) is 11.7 Å². The van der Waals surface area contributed by atoms with Crippen LogP contribution in [0.1, 0.15) is 5.56 Å². The molecule has 0 saturated carbocycles. The van der Waals surface area contributed by atoms with E-state index in [1.807, 2.05) is 0 Å². The van der Waals surface area contributed by atoms with Crippen molar-refractivity contribution in [1.29, 1.82) is 5.26 Å². The van der Waals surface area contributed by atoms with Gasteiger partial charge in [0.25, 0.3) is 0 Å². The number of benzene rings is 2. The molecule has 25 heavy (non-hydrogen) atoms. The SMILES string of the molecule is COc1ccccc1/C=C\C(=O)[C@@H](C#N)C(=O)Nc1ccc(F)cc1. The second kappa shape index (κ2) is 8.41. The number of hydrogen-bond acceptors (Lipinski definition) is 4. The molecule has 2 aromatic rings. The number of methoxy groups -OCH3 is 1. The van der Waals surface area contributed by atoms with E-state index in [1.54, 1.807) is 30.3 Å². The van der Waals surface area contributed by atoms with Gasteiger partial charge in [0, 0.05) is 11.3 Å². The van der Waals surface area contributed by atoms with Crippen LogP contribution < -0.4 is 10.1 Å². The summed E-state index contributed by atoms with van der Waals surface area (Å²) in [5.41, 5.74) is 0.946. The molecular weight excluding hydrogens is 323 g/mol. The fraction of sp³-hybridized carbons (Fsp3) is 0.105. The summed E-state index contributed by atoms with van der Waals surface area (Å²) in [6.45, 7) is 0. The van der Waals surface area contributed by atoms with Crippen LogP contribution in [-0.2, 0) is 9.59 Å². The highest BCUT2D eigenvalue weighted by atomic mass is 19.1. The lowest BCUT2D eigenvalue weighted by Gasteiger charge is -2.08. The Hall–Kier alpha value is -3.46. The zero-order chi connectivity index (χ0) is 18.2. The topological polar surface area (TPSA) is 79.2 Å². The van der Waals surface area contributed by atoms with Crippen LogP contribution in [0.25, 0.3) is 6.08 Å². The Labute approximate surface area is 144 Å². The lowest BCUT2D eigenvalue weighted by atomic mass is 10.0. The number of ketones is 1. The molecule has 1 amide bonds. The zero-order valence-corrected chi connectivity index (χ0v) is 13.4. The summed E-state index contributed by atoms with van der Waals surface area (Å²) in [5, 5.41) is 11.6. The van der Waals surface area contributed by atoms with Crippen LogP contribution >= 0.6 is 0 Å². The van der Waals surface area contributed by atoms with Crippen molar-refractivity contribution in [2.45, 2.75) is 0 Å². The third-order valence-corrected chi connectivity index (χ3v) is 3.35. The molecule has 0 radical (unpaired) electrons. The second-order valence-corrected chi connectivity index (χ2v) is 5.04. The van der Waals surface area contributed by atoms with Crippen LogP contribution in [0.3, 0.4) is 0 Å². The fourth-order valence-electron chi connectivity index (χ4n) is 2.07. The number of anilines is 1. The van der Waals surface area contributed by atoms with E-state index in [0.29, 0.717) is 17.0 Å². The van der Waals surface area contributed by atoms with E-state index in [1.165, 1.54) is 37.5 Å². The molecule has 0 fully saturated rings. The number of nitrogens with zero attached hydrogens (tertiary/aromatic N) is 1. The lowest BCUT2D eigenvalue weighted by Crippen LogP contribution is -2.27. The van der Waals surface area contributed by atoms with Crippen molar-refractivity contribution in [1.82, 2.24) is 0 Å². The predicted molar refractivity (Wildman–Crippen MR) is 91.2 cm³/mol. The number of para-hydroxylation sites is 1. The molecule has 0 aliphatic carbocycles. The monoisotopic (exact) mass is 338 g/mol. The van der Waals surface area contributed by atoms with Gasteiger partial charge in [0.05, 0.1) is 13.2 Å². The number of amides is 1. The molecule has 0 aliphatic rings. The molecule has 6 heteroatoms. The summed E-state index contributed by atoms with van der Waals surface area (Å²) in [6, 6.07) is 13.7. The number of allylic oxidation sites excluding steroid dienone is 1. The highest BCUT2D eigenvalue weighted by Gasteiger charge is 2.24. The van der Waals surface area contributed by atoms with Gasteiger partial charge in [-0.3, -0.25) is 9.59 Å². The van der Waals surface area contributed by atoms with Gasteiger partial charge < -0.3 is 10.1 Å². The lowest BCUT2D eigenvalue weighted by molar-refractivity contribution is -0.126. The van der Waals surface area contributed by atoms with Gasteiger partial charge in [-0.25, -0.2) is 4.39 Å². The number of hydrogen-bond donors (Lipinski definition) is 1. The number of halogens is 1. The molecule has 2 rings (SSSR count). The number of ether oxygens (including phenoxy) is 1. The van der Waals surface area contributed by atoms with Crippen molar-refractivity contribution < 1.29 is 18.7 Å². The molecule has 1 N–H and O–H groups in total. The molecule has 0 bridgehead atoms. The fourth-order valence-corrected chi connectivity index (χ4v) is 2.07. The minimum absolute atomic E-state index is 0.299. The summed E-state index contributed by atoms with van der Waals surface area (Å²) < 4.78 is 18.0. The van der Waals surface area contributed by atoms with Crippen LogP contribution in [0.15, 0.2) is 54.6 Å². The van der Waals surface area contributed by atoms with Gasteiger partial charge in [-0.2, -0.15) is 5.26 Å². The van der Waals surface area contributed by atoms with Crippen LogP contribution in [-0.4, -0.2) is 18.8 Å². The first-order valence-electron chi connectivity index (χ1n) is 7.36. The van der Waals surface area contributed by atoms with Crippen LogP contribution in [0.5, 0.6) is 5.75 Å². The first kappa shape index (κ1) is 17.9. The number of nitriles is 1. The second-order valence-electron chi connectivity index (χ2n) is 5.04. The maximum atomic E-state index is 12.9. The molecule has 0 aliphatic heterocycles. The van der Waals surface area contributed by atoms with Gasteiger partial charge in [-0.1, -0.05) is 18.2 Å². The van der Waals surface area contributed by atoms with Gasteiger partial charge >= 0.3 is 0 Å². The molecule has 0 heterocycles. The summed E-state index contributed by atoms with van der Waals surface area (Å²) in [6.07, 6.45) is 2.65. The van der Waals surface area contributed by atoms with E-state index in [-0.39, 0.29) is 0 Å². The van der Waals surface area contributed by atoms with E-state index in [0.717, 1.165) is 6.08 Å². The molecule has 126 valence electrons. The highest BCUT2D eigenvalue weighted by Crippen LogP contribution is 2.19. The smallest absolute Gasteiger partial charge is 0.249 e. The average Bonchev–Trinajstić information content (AvgIpc) is 2.62. The Morgan fingerprint density at radius 3 is 2.52 bits per heavy atom. The average molecular weight is 338 g/mol. The van der Waals surface area contributed by atoms with Crippen molar-refractivity contribution in [3.05, 3.63) is 66.0 Å². The maximum Gasteiger partial charge on any atom is 0.249 e. The Morgan fingerprint density at radius 1 is 1.20 bits per heavy atom. The quantitative estimate of drug-likeness (QED) is 0.648. The van der Waals surface area contributed by atoms with E-state index in [9.17, 15) is 14.0 Å². The number of nitrogens with one attached hydrogen (secondary N) is 1. The van der Waals surface area contributed by atoms with E-state index in [2.05, 4.69) is 5.32 Å². The molecule has 0 saturated heterocycles. The number of rotatable bonds is 6. The Kier molecular flexibility index (Phi) is 6.02. The maximum absolute atomic E-state index is 12.9. The molecule has 0 unspecified atom stereocenters. The van der Waals surface area contributed by atoms with Crippen molar-refractivity contribution >= 4 is 23.5 Å². The minimum atomic E-state index is -1.50. The number of carbonyl (C=O) groups excluding carboxylic acids is 2. The van der Waals surface area contributed by atoms with Gasteiger partial charge in [0.1, 0.15) is 11.6 Å². The Balaban J connectivity index is 2.10. The minimum Gasteiger partial charge on any atom is -0.496 e. The van der Waals surface area contributed by atoms with E-state index >= 15 is 0 Å². The van der Waals surface area contributed by atoms with Crippen LogP contribution in [0.4, 0.5) is 10.1 Å². The summed E-state index contributed by atoms with van der Waals surface area (Å²) in [7, 11) is 1.50. The summed E-state index contributed by atoms with van der Waals surface area (Å²) >= 11 is 0. The van der Waals surface area contributed by atoms with Crippen molar-refractivity contribution in [3.63, 3.8) is 0 Å². The Morgan fingerprint density at radius 2 is 1.88 bits per heavy atom. The molecule has 2 aromatic carbocycles. The molecule has 0 aromatic heterocycles. The van der Waals surface area contributed by atoms with Crippen LogP contribution in [0, 0.1) is 23.1 Å². The highest BCUT2D eigenvalue weighted by molar-refractivity contribution is 6.14. The van der Waals surface area contributed by atoms with E-state index in [4.69, 9.17) is 10.00 Å². The summed E-state index contributed by atoms with van der Waals surface area (Å²) in [4.78, 5) is 24.3. The summed E-state index contributed by atoms with van der Waals surface area (Å²) in [5.74, 6) is -2.82. The molecule has 5 nitrogen and oxygen atoms in total. The number of carbonyl (C=O) groups is 2. The zero-order valence-electron chi connectivity index (χ0n) is 13.4.